The van der Waals surface area contributed by atoms with Gasteiger partial charge in [-0.1, -0.05) is 18.2 Å². The van der Waals surface area contributed by atoms with Crippen LogP contribution in [0.1, 0.15) is 19.4 Å². The van der Waals surface area contributed by atoms with Crippen molar-refractivity contribution in [3.63, 3.8) is 0 Å². The zero-order valence-corrected chi connectivity index (χ0v) is 10.3. The second-order valence-corrected chi connectivity index (χ2v) is 5.99. The summed E-state index contributed by atoms with van der Waals surface area (Å²) >= 11 is 5.71. The molecule has 3 nitrogen and oxygen atoms in total. The molecular weight excluding hydrogens is 234 g/mol. The Kier molecular flexibility index (Phi) is 3.99. The third kappa shape index (κ3) is 3.11. The SMILES string of the molecule is CC(C)S(=O)(=O)Nc1ccccc1CCl. The maximum atomic E-state index is 11.6. The number of rotatable bonds is 4. The fourth-order valence-corrected chi connectivity index (χ4v) is 1.98. The molecule has 0 saturated carbocycles. The molecule has 5 heteroatoms. The van der Waals surface area contributed by atoms with Crippen LogP contribution in [0.15, 0.2) is 24.3 Å². The lowest BCUT2D eigenvalue weighted by atomic mass is 10.2. The summed E-state index contributed by atoms with van der Waals surface area (Å²) < 4.78 is 25.8. The molecule has 15 heavy (non-hydrogen) atoms. The fraction of sp³-hybridized carbons (Fsp3) is 0.400. The van der Waals surface area contributed by atoms with E-state index < -0.39 is 15.3 Å². The lowest BCUT2D eigenvalue weighted by Gasteiger charge is -2.13. The molecule has 0 heterocycles. The average Bonchev–Trinajstić information content (AvgIpc) is 2.18. The van der Waals surface area contributed by atoms with E-state index >= 15 is 0 Å². The van der Waals surface area contributed by atoms with Crippen LogP contribution in [0.3, 0.4) is 0 Å². The van der Waals surface area contributed by atoms with Crippen LogP contribution in [-0.2, 0) is 15.9 Å². The summed E-state index contributed by atoms with van der Waals surface area (Å²) in [5.74, 6) is 0.288. The Morgan fingerprint density at radius 2 is 1.93 bits per heavy atom. The quantitative estimate of drug-likeness (QED) is 0.832. The van der Waals surface area contributed by atoms with Gasteiger partial charge in [0, 0.05) is 5.88 Å². The van der Waals surface area contributed by atoms with Crippen LogP contribution in [0, 0.1) is 0 Å². The van der Waals surface area contributed by atoms with Gasteiger partial charge >= 0.3 is 0 Å². The molecule has 0 aliphatic carbocycles. The molecule has 1 aromatic rings. The van der Waals surface area contributed by atoms with Gasteiger partial charge in [0.1, 0.15) is 0 Å². The van der Waals surface area contributed by atoms with Crippen LogP contribution in [0.2, 0.25) is 0 Å². The van der Waals surface area contributed by atoms with E-state index in [9.17, 15) is 8.42 Å². The first-order valence-electron chi connectivity index (χ1n) is 4.63. The molecule has 1 N–H and O–H groups in total. The molecule has 0 aromatic heterocycles. The van der Waals surface area contributed by atoms with Crippen molar-refractivity contribution < 1.29 is 8.42 Å². The summed E-state index contributed by atoms with van der Waals surface area (Å²) in [5, 5.41) is -0.458. The van der Waals surface area contributed by atoms with Gasteiger partial charge in [-0.15, -0.1) is 11.6 Å². The van der Waals surface area contributed by atoms with Crippen LogP contribution < -0.4 is 4.72 Å². The lowest BCUT2D eigenvalue weighted by Crippen LogP contribution is -2.23. The zero-order chi connectivity index (χ0) is 11.5. The number of para-hydroxylation sites is 1. The van der Waals surface area contributed by atoms with Crippen molar-refractivity contribution in [1.82, 2.24) is 0 Å². The van der Waals surface area contributed by atoms with Gasteiger partial charge < -0.3 is 0 Å². The smallest absolute Gasteiger partial charge is 0.235 e. The molecule has 0 saturated heterocycles. The number of alkyl halides is 1. The van der Waals surface area contributed by atoms with Crippen molar-refractivity contribution in [3.05, 3.63) is 29.8 Å². The summed E-state index contributed by atoms with van der Waals surface area (Å²) in [5.41, 5.74) is 1.34. The highest BCUT2D eigenvalue weighted by Crippen LogP contribution is 2.19. The molecule has 0 unspecified atom stereocenters. The van der Waals surface area contributed by atoms with Gasteiger partial charge in [0.15, 0.2) is 0 Å². The van der Waals surface area contributed by atoms with Crippen LogP contribution in [0.25, 0.3) is 0 Å². The molecule has 0 bridgehead atoms. The van der Waals surface area contributed by atoms with Gasteiger partial charge in [-0.25, -0.2) is 8.42 Å². The van der Waals surface area contributed by atoms with Gasteiger partial charge in [-0.2, -0.15) is 0 Å². The largest absolute Gasteiger partial charge is 0.283 e. The first kappa shape index (κ1) is 12.3. The number of halogens is 1. The van der Waals surface area contributed by atoms with Crippen LogP contribution >= 0.6 is 11.6 Å². The van der Waals surface area contributed by atoms with Crippen molar-refractivity contribution >= 4 is 27.3 Å². The topological polar surface area (TPSA) is 46.2 Å². The van der Waals surface area contributed by atoms with E-state index in [4.69, 9.17) is 11.6 Å². The van der Waals surface area contributed by atoms with Gasteiger partial charge in [0.2, 0.25) is 10.0 Å². The fourth-order valence-electron chi connectivity index (χ4n) is 1.01. The molecule has 0 aliphatic rings. The van der Waals surface area contributed by atoms with Crippen molar-refractivity contribution in [2.75, 3.05) is 4.72 Å². The van der Waals surface area contributed by atoms with Gasteiger partial charge in [0.05, 0.1) is 10.9 Å². The van der Waals surface area contributed by atoms with Crippen molar-refractivity contribution in [2.45, 2.75) is 25.0 Å². The van der Waals surface area contributed by atoms with Crippen LogP contribution in [0.4, 0.5) is 5.69 Å². The Labute approximate surface area is 95.5 Å². The Morgan fingerprint density at radius 3 is 2.47 bits per heavy atom. The zero-order valence-electron chi connectivity index (χ0n) is 8.70. The summed E-state index contributed by atoms with van der Waals surface area (Å²) in [4.78, 5) is 0. The van der Waals surface area contributed by atoms with Crippen LogP contribution in [0.5, 0.6) is 0 Å². The maximum absolute atomic E-state index is 11.6. The van der Waals surface area contributed by atoms with E-state index in [1.54, 1.807) is 32.0 Å². The van der Waals surface area contributed by atoms with Crippen molar-refractivity contribution in [3.8, 4) is 0 Å². The van der Waals surface area contributed by atoms with E-state index in [2.05, 4.69) is 4.72 Å². The standard InChI is InChI=1S/C10H14ClNO2S/c1-8(2)15(13,14)12-10-6-4-3-5-9(10)7-11/h3-6,8,12H,7H2,1-2H3. The summed E-state index contributed by atoms with van der Waals surface area (Å²) in [7, 11) is -3.29. The Morgan fingerprint density at radius 1 is 1.33 bits per heavy atom. The van der Waals surface area contributed by atoms with Gasteiger partial charge in [-0.05, 0) is 25.5 Å². The number of hydrogen-bond donors (Lipinski definition) is 1. The van der Waals surface area contributed by atoms with Crippen molar-refractivity contribution in [2.24, 2.45) is 0 Å². The van der Waals surface area contributed by atoms with E-state index in [0.29, 0.717) is 5.69 Å². The minimum Gasteiger partial charge on any atom is -0.283 e. The third-order valence-electron chi connectivity index (χ3n) is 2.03. The minimum absolute atomic E-state index is 0.288. The molecule has 84 valence electrons. The molecule has 0 fully saturated rings. The number of benzene rings is 1. The van der Waals surface area contributed by atoms with E-state index in [0.717, 1.165) is 5.56 Å². The van der Waals surface area contributed by atoms with E-state index in [-0.39, 0.29) is 5.88 Å². The first-order valence-corrected chi connectivity index (χ1v) is 6.71. The highest BCUT2D eigenvalue weighted by Gasteiger charge is 2.16. The summed E-state index contributed by atoms with van der Waals surface area (Å²) in [6, 6.07) is 7.10. The minimum atomic E-state index is -3.29. The average molecular weight is 248 g/mol. The second-order valence-electron chi connectivity index (χ2n) is 3.49. The van der Waals surface area contributed by atoms with E-state index in [1.807, 2.05) is 6.07 Å². The number of anilines is 1. The predicted molar refractivity (Wildman–Crippen MR) is 63.7 cm³/mol. The molecule has 0 radical (unpaired) electrons. The Bertz CT molecular complexity index is 429. The van der Waals surface area contributed by atoms with Crippen molar-refractivity contribution in [1.29, 1.82) is 0 Å². The van der Waals surface area contributed by atoms with Gasteiger partial charge in [-0.3, -0.25) is 4.72 Å². The monoisotopic (exact) mass is 247 g/mol. The second kappa shape index (κ2) is 4.86. The normalized spacial score (nSPS) is 11.7. The molecule has 1 rings (SSSR count). The number of sulfonamides is 1. The first-order chi connectivity index (χ1) is 6.97. The van der Waals surface area contributed by atoms with Gasteiger partial charge in [0.25, 0.3) is 0 Å². The Balaban J connectivity index is 3.00. The summed E-state index contributed by atoms with van der Waals surface area (Å²) in [6.45, 7) is 3.26. The molecule has 0 atom stereocenters. The third-order valence-corrected chi connectivity index (χ3v) is 4.07. The molecule has 0 amide bonds. The lowest BCUT2D eigenvalue weighted by molar-refractivity contribution is 0.592. The molecular formula is C10H14ClNO2S. The highest BCUT2D eigenvalue weighted by atomic mass is 35.5. The maximum Gasteiger partial charge on any atom is 0.235 e. The highest BCUT2D eigenvalue weighted by molar-refractivity contribution is 7.93. The summed E-state index contributed by atoms with van der Waals surface area (Å²) in [6.07, 6.45) is 0. The van der Waals surface area contributed by atoms with Crippen LogP contribution in [-0.4, -0.2) is 13.7 Å². The number of hydrogen-bond acceptors (Lipinski definition) is 2. The Hall–Kier alpha value is -0.740. The molecule has 0 spiro atoms. The molecule has 0 aliphatic heterocycles. The predicted octanol–water partition coefficient (Wildman–Crippen LogP) is 2.58. The molecule has 1 aromatic carbocycles. The number of nitrogens with one attached hydrogen (secondary N) is 1. The van der Waals surface area contributed by atoms with E-state index in [1.165, 1.54) is 0 Å².